The van der Waals surface area contributed by atoms with E-state index in [0.717, 1.165) is 17.7 Å². The van der Waals surface area contributed by atoms with Gasteiger partial charge in [0.15, 0.2) is 0 Å². The SMILES string of the molecule is CCc1ccc(N(C)C)c(CCC(=O)O)c1. The van der Waals surface area contributed by atoms with Crippen molar-refractivity contribution < 1.29 is 9.90 Å². The molecule has 0 aromatic heterocycles. The Balaban J connectivity index is 2.95. The van der Waals surface area contributed by atoms with Crippen LogP contribution in [0.5, 0.6) is 0 Å². The standard InChI is InChI=1S/C13H19NO2/c1-4-10-5-7-12(14(2)3)11(9-10)6-8-13(15)16/h5,7,9H,4,6,8H2,1-3H3,(H,15,16). The molecule has 1 aromatic rings. The van der Waals surface area contributed by atoms with Crippen molar-refractivity contribution in [3.63, 3.8) is 0 Å². The average molecular weight is 221 g/mol. The predicted octanol–water partition coefficient (Wildman–Crippen LogP) is 2.33. The van der Waals surface area contributed by atoms with Crippen molar-refractivity contribution in [3.8, 4) is 0 Å². The Kier molecular flexibility index (Phi) is 4.35. The summed E-state index contributed by atoms with van der Waals surface area (Å²) >= 11 is 0. The van der Waals surface area contributed by atoms with E-state index in [1.165, 1.54) is 5.56 Å². The Morgan fingerprint density at radius 2 is 2.06 bits per heavy atom. The van der Waals surface area contributed by atoms with Crippen molar-refractivity contribution >= 4 is 11.7 Å². The molecule has 3 heteroatoms. The highest BCUT2D eigenvalue weighted by Crippen LogP contribution is 2.22. The number of anilines is 1. The summed E-state index contributed by atoms with van der Waals surface area (Å²) in [5.74, 6) is -0.744. The summed E-state index contributed by atoms with van der Waals surface area (Å²) in [6.07, 6.45) is 1.76. The number of aliphatic carboxylic acids is 1. The number of hydrogen-bond donors (Lipinski definition) is 1. The fourth-order valence-electron chi connectivity index (χ4n) is 1.74. The molecule has 0 aliphatic rings. The quantitative estimate of drug-likeness (QED) is 0.829. The van der Waals surface area contributed by atoms with Crippen molar-refractivity contribution in [1.82, 2.24) is 0 Å². The van der Waals surface area contributed by atoms with Crippen LogP contribution < -0.4 is 4.90 Å². The van der Waals surface area contributed by atoms with E-state index in [9.17, 15) is 4.79 Å². The molecule has 1 rings (SSSR count). The van der Waals surface area contributed by atoms with Gasteiger partial charge >= 0.3 is 5.97 Å². The van der Waals surface area contributed by atoms with Crippen LogP contribution in [0.15, 0.2) is 18.2 Å². The zero-order valence-electron chi connectivity index (χ0n) is 10.2. The molecule has 0 atom stereocenters. The third-order valence-corrected chi connectivity index (χ3v) is 2.64. The molecule has 0 amide bonds. The lowest BCUT2D eigenvalue weighted by molar-refractivity contribution is -0.136. The maximum Gasteiger partial charge on any atom is 0.303 e. The summed E-state index contributed by atoms with van der Waals surface area (Å²) in [5.41, 5.74) is 3.48. The van der Waals surface area contributed by atoms with E-state index in [4.69, 9.17) is 5.11 Å². The predicted molar refractivity (Wildman–Crippen MR) is 66.1 cm³/mol. The fraction of sp³-hybridized carbons (Fsp3) is 0.462. The summed E-state index contributed by atoms with van der Waals surface area (Å²) in [4.78, 5) is 12.6. The molecule has 0 unspecified atom stereocenters. The van der Waals surface area contributed by atoms with E-state index >= 15 is 0 Å². The lowest BCUT2D eigenvalue weighted by Gasteiger charge is -2.18. The molecule has 0 aliphatic carbocycles. The van der Waals surface area contributed by atoms with Gasteiger partial charge in [0.2, 0.25) is 0 Å². The number of carbonyl (C=O) groups is 1. The zero-order chi connectivity index (χ0) is 12.1. The molecule has 0 saturated heterocycles. The Morgan fingerprint density at radius 1 is 1.38 bits per heavy atom. The van der Waals surface area contributed by atoms with Gasteiger partial charge in [-0.2, -0.15) is 0 Å². The van der Waals surface area contributed by atoms with Crippen molar-refractivity contribution in [2.45, 2.75) is 26.2 Å². The minimum absolute atomic E-state index is 0.188. The van der Waals surface area contributed by atoms with Crippen LogP contribution in [-0.4, -0.2) is 25.2 Å². The van der Waals surface area contributed by atoms with Gasteiger partial charge in [-0.15, -0.1) is 0 Å². The van der Waals surface area contributed by atoms with Crippen LogP contribution in [0.3, 0.4) is 0 Å². The Bertz CT molecular complexity index is 372. The third-order valence-electron chi connectivity index (χ3n) is 2.64. The van der Waals surface area contributed by atoms with Crippen LogP contribution in [0.4, 0.5) is 5.69 Å². The smallest absolute Gasteiger partial charge is 0.303 e. The van der Waals surface area contributed by atoms with Crippen LogP contribution in [0, 0.1) is 0 Å². The molecular weight excluding hydrogens is 202 g/mol. The first-order chi connectivity index (χ1) is 7.54. The molecule has 0 spiro atoms. The van der Waals surface area contributed by atoms with Gasteiger partial charge in [0.25, 0.3) is 0 Å². The molecule has 0 bridgehead atoms. The largest absolute Gasteiger partial charge is 0.481 e. The maximum atomic E-state index is 10.6. The molecular formula is C13H19NO2. The molecule has 0 radical (unpaired) electrons. The molecule has 0 saturated carbocycles. The van der Waals surface area contributed by atoms with Gasteiger partial charge < -0.3 is 10.0 Å². The second-order valence-corrected chi connectivity index (χ2v) is 4.10. The van der Waals surface area contributed by atoms with Gasteiger partial charge in [-0.05, 0) is 30.0 Å². The Hall–Kier alpha value is -1.51. The normalized spacial score (nSPS) is 10.2. The lowest BCUT2D eigenvalue weighted by atomic mass is 10.0. The monoisotopic (exact) mass is 221 g/mol. The zero-order valence-corrected chi connectivity index (χ0v) is 10.2. The fourth-order valence-corrected chi connectivity index (χ4v) is 1.74. The minimum atomic E-state index is -0.744. The van der Waals surface area contributed by atoms with Crippen molar-refractivity contribution in [2.24, 2.45) is 0 Å². The second-order valence-electron chi connectivity index (χ2n) is 4.10. The number of aryl methyl sites for hydroxylation is 2. The molecule has 1 aromatic carbocycles. The first kappa shape index (κ1) is 12.6. The summed E-state index contributed by atoms with van der Waals surface area (Å²) in [5, 5.41) is 8.72. The first-order valence-electron chi connectivity index (χ1n) is 5.55. The van der Waals surface area contributed by atoms with Gasteiger partial charge in [0.05, 0.1) is 0 Å². The number of hydrogen-bond acceptors (Lipinski definition) is 2. The van der Waals surface area contributed by atoms with Crippen LogP contribution >= 0.6 is 0 Å². The van der Waals surface area contributed by atoms with Crippen molar-refractivity contribution in [3.05, 3.63) is 29.3 Å². The van der Waals surface area contributed by atoms with E-state index in [1.54, 1.807) is 0 Å². The summed E-state index contributed by atoms with van der Waals surface area (Å²) in [7, 11) is 3.95. The maximum absolute atomic E-state index is 10.6. The summed E-state index contributed by atoms with van der Waals surface area (Å²) in [6, 6.07) is 6.27. The van der Waals surface area contributed by atoms with E-state index in [2.05, 4.69) is 25.1 Å². The highest BCUT2D eigenvalue weighted by Gasteiger charge is 2.07. The first-order valence-corrected chi connectivity index (χ1v) is 5.55. The van der Waals surface area contributed by atoms with Crippen LogP contribution in [0.2, 0.25) is 0 Å². The van der Waals surface area contributed by atoms with Gasteiger partial charge in [0, 0.05) is 26.2 Å². The number of benzene rings is 1. The number of nitrogens with zero attached hydrogens (tertiary/aromatic N) is 1. The van der Waals surface area contributed by atoms with E-state index < -0.39 is 5.97 Å². The number of carboxylic acids is 1. The van der Waals surface area contributed by atoms with Crippen LogP contribution in [0.25, 0.3) is 0 Å². The minimum Gasteiger partial charge on any atom is -0.481 e. The van der Waals surface area contributed by atoms with E-state index in [1.807, 2.05) is 19.0 Å². The molecule has 0 fully saturated rings. The molecule has 0 heterocycles. The van der Waals surface area contributed by atoms with Gasteiger partial charge in [0.1, 0.15) is 0 Å². The van der Waals surface area contributed by atoms with Gasteiger partial charge in [-0.1, -0.05) is 19.1 Å². The Labute approximate surface area is 96.7 Å². The lowest BCUT2D eigenvalue weighted by Crippen LogP contribution is -2.12. The van der Waals surface area contributed by atoms with Gasteiger partial charge in [-0.3, -0.25) is 4.79 Å². The average Bonchev–Trinajstić information content (AvgIpc) is 2.25. The molecule has 16 heavy (non-hydrogen) atoms. The highest BCUT2D eigenvalue weighted by atomic mass is 16.4. The van der Waals surface area contributed by atoms with Crippen LogP contribution in [-0.2, 0) is 17.6 Å². The van der Waals surface area contributed by atoms with Gasteiger partial charge in [-0.25, -0.2) is 0 Å². The molecule has 3 nitrogen and oxygen atoms in total. The summed E-state index contributed by atoms with van der Waals surface area (Å²) in [6.45, 7) is 2.10. The van der Waals surface area contributed by atoms with Crippen molar-refractivity contribution in [2.75, 3.05) is 19.0 Å². The van der Waals surface area contributed by atoms with E-state index in [-0.39, 0.29) is 6.42 Å². The van der Waals surface area contributed by atoms with Crippen LogP contribution in [0.1, 0.15) is 24.5 Å². The van der Waals surface area contributed by atoms with E-state index in [0.29, 0.717) is 6.42 Å². The highest BCUT2D eigenvalue weighted by molar-refractivity contribution is 5.68. The number of carboxylic acid groups (broad SMARTS) is 1. The third kappa shape index (κ3) is 3.26. The summed E-state index contributed by atoms with van der Waals surface area (Å²) < 4.78 is 0. The van der Waals surface area contributed by atoms with Crippen molar-refractivity contribution in [1.29, 1.82) is 0 Å². The molecule has 1 N–H and O–H groups in total. The topological polar surface area (TPSA) is 40.5 Å². The molecule has 0 aliphatic heterocycles. The number of rotatable bonds is 5. The second kappa shape index (κ2) is 5.54. The molecule has 88 valence electrons. The Morgan fingerprint density at radius 3 is 2.56 bits per heavy atom.